The van der Waals surface area contributed by atoms with Gasteiger partial charge >= 0.3 is 5.97 Å². The Kier molecular flexibility index (Phi) is 4.14. The first-order valence-corrected chi connectivity index (χ1v) is 6.11. The van der Waals surface area contributed by atoms with Gasteiger partial charge in [0.2, 0.25) is 5.91 Å². The number of likely N-dealkylation sites (N-methyl/N-ethyl adjacent to an activating group) is 1. The molecule has 1 amide bonds. The van der Waals surface area contributed by atoms with Crippen molar-refractivity contribution < 1.29 is 14.7 Å². The molecule has 5 heteroatoms. The van der Waals surface area contributed by atoms with E-state index >= 15 is 0 Å². The largest absolute Gasteiger partial charge is 0.481 e. The average Bonchev–Trinajstić information content (AvgIpc) is 2.14. The van der Waals surface area contributed by atoms with Crippen molar-refractivity contribution in [2.75, 3.05) is 13.1 Å². The van der Waals surface area contributed by atoms with Crippen LogP contribution in [-0.4, -0.2) is 35.6 Å². The summed E-state index contributed by atoms with van der Waals surface area (Å²) in [5.41, 5.74) is -1.38. The molecular weight excluding hydrogens is 220 g/mol. The highest BCUT2D eigenvalue weighted by molar-refractivity contribution is 5.86. The molecule has 0 radical (unpaired) electrons. The highest BCUT2D eigenvalue weighted by Crippen LogP contribution is 2.40. The number of carbonyl (C=O) groups excluding carboxylic acids is 1. The fraction of sp³-hybridized carbons (Fsp3) is 0.833. The number of hydrogen-bond acceptors (Lipinski definition) is 3. The lowest BCUT2D eigenvalue weighted by Crippen LogP contribution is -2.56. The van der Waals surface area contributed by atoms with Gasteiger partial charge in [0.1, 0.15) is 0 Å². The summed E-state index contributed by atoms with van der Waals surface area (Å²) in [5, 5.41) is 14.9. The van der Waals surface area contributed by atoms with Crippen LogP contribution >= 0.6 is 0 Å². The Hall–Kier alpha value is -1.10. The molecule has 1 fully saturated rings. The van der Waals surface area contributed by atoms with Crippen molar-refractivity contribution >= 4 is 11.9 Å². The highest BCUT2D eigenvalue weighted by atomic mass is 16.4. The number of aliphatic carboxylic acids is 1. The maximum Gasteiger partial charge on any atom is 0.311 e. The van der Waals surface area contributed by atoms with Gasteiger partial charge in [-0.25, -0.2) is 0 Å². The maximum absolute atomic E-state index is 11.9. The fourth-order valence-corrected chi connectivity index (χ4v) is 2.06. The third-order valence-corrected chi connectivity index (χ3v) is 3.54. The van der Waals surface area contributed by atoms with Gasteiger partial charge < -0.3 is 15.7 Å². The van der Waals surface area contributed by atoms with Crippen LogP contribution < -0.4 is 10.6 Å². The van der Waals surface area contributed by atoms with Crippen molar-refractivity contribution in [2.24, 2.45) is 5.41 Å². The van der Waals surface area contributed by atoms with Gasteiger partial charge in [-0.15, -0.1) is 0 Å². The van der Waals surface area contributed by atoms with E-state index in [0.29, 0.717) is 19.4 Å². The molecule has 0 heterocycles. The smallest absolute Gasteiger partial charge is 0.311 e. The minimum atomic E-state index is -0.801. The summed E-state index contributed by atoms with van der Waals surface area (Å²) in [7, 11) is 0. The minimum Gasteiger partial charge on any atom is -0.481 e. The molecule has 0 unspecified atom stereocenters. The van der Waals surface area contributed by atoms with E-state index in [1.807, 2.05) is 6.92 Å². The van der Waals surface area contributed by atoms with Gasteiger partial charge in [0.25, 0.3) is 0 Å². The third kappa shape index (κ3) is 2.97. The summed E-state index contributed by atoms with van der Waals surface area (Å²) >= 11 is 0. The zero-order chi connectivity index (χ0) is 13.1. The molecule has 0 aromatic heterocycles. The summed E-state index contributed by atoms with van der Waals surface area (Å²) in [6.07, 6.45) is 2.24. The summed E-state index contributed by atoms with van der Waals surface area (Å²) in [5.74, 6) is -0.947. The number of carboxylic acids is 1. The van der Waals surface area contributed by atoms with E-state index in [0.717, 1.165) is 6.42 Å². The molecule has 0 saturated heterocycles. The molecule has 0 bridgehead atoms. The Labute approximate surface area is 102 Å². The molecule has 0 aromatic carbocycles. The average molecular weight is 242 g/mol. The van der Waals surface area contributed by atoms with E-state index in [-0.39, 0.29) is 12.5 Å². The predicted octanol–water partition coefficient (Wildman–Crippen LogP) is 0.746. The van der Waals surface area contributed by atoms with Crippen molar-refractivity contribution in [3.8, 4) is 0 Å². The fourth-order valence-electron chi connectivity index (χ4n) is 2.06. The number of carbonyl (C=O) groups is 2. The molecule has 1 aliphatic carbocycles. The standard InChI is InChI=1S/C12H22N2O3/c1-4-14-11(2,3)9(15)13-8-12(10(16)17)6-5-7-12/h14H,4-8H2,1-3H3,(H,13,15)(H,16,17). The van der Waals surface area contributed by atoms with E-state index < -0.39 is 16.9 Å². The van der Waals surface area contributed by atoms with Gasteiger partial charge in [-0.05, 0) is 33.2 Å². The molecular formula is C12H22N2O3. The van der Waals surface area contributed by atoms with Crippen LogP contribution in [0.4, 0.5) is 0 Å². The molecule has 1 saturated carbocycles. The molecule has 0 aliphatic heterocycles. The lowest BCUT2D eigenvalue weighted by molar-refractivity contribution is -0.154. The van der Waals surface area contributed by atoms with Crippen LogP contribution in [0.3, 0.4) is 0 Å². The number of hydrogen-bond donors (Lipinski definition) is 3. The summed E-state index contributed by atoms with van der Waals surface area (Å²) in [6.45, 7) is 6.44. The summed E-state index contributed by atoms with van der Waals surface area (Å²) in [6, 6.07) is 0. The Morgan fingerprint density at radius 2 is 1.94 bits per heavy atom. The van der Waals surface area contributed by atoms with Crippen molar-refractivity contribution in [1.29, 1.82) is 0 Å². The SMILES string of the molecule is CCNC(C)(C)C(=O)NCC1(C(=O)O)CCC1. The second-order valence-corrected chi connectivity index (χ2v) is 5.28. The van der Waals surface area contributed by atoms with E-state index in [1.54, 1.807) is 13.8 Å². The molecule has 17 heavy (non-hydrogen) atoms. The van der Waals surface area contributed by atoms with Gasteiger partial charge in [-0.2, -0.15) is 0 Å². The van der Waals surface area contributed by atoms with E-state index in [1.165, 1.54) is 0 Å². The van der Waals surface area contributed by atoms with Crippen molar-refractivity contribution in [3.63, 3.8) is 0 Å². The van der Waals surface area contributed by atoms with Crippen molar-refractivity contribution in [2.45, 2.75) is 45.6 Å². The van der Waals surface area contributed by atoms with E-state index in [9.17, 15) is 9.59 Å². The van der Waals surface area contributed by atoms with Crippen molar-refractivity contribution in [1.82, 2.24) is 10.6 Å². The lowest BCUT2D eigenvalue weighted by Gasteiger charge is -2.38. The molecule has 98 valence electrons. The molecule has 1 rings (SSSR count). The summed E-state index contributed by atoms with van der Waals surface area (Å²) in [4.78, 5) is 23.0. The topological polar surface area (TPSA) is 78.4 Å². The minimum absolute atomic E-state index is 0.146. The number of rotatable bonds is 6. The van der Waals surface area contributed by atoms with Crippen LogP contribution in [0, 0.1) is 5.41 Å². The van der Waals surface area contributed by atoms with Crippen LogP contribution in [-0.2, 0) is 9.59 Å². The van der Waals surface area contributed by atoms with Gasteiger partial charge in [0.05, 0.1) is 11.0 Å². The molecule has 1 aliphatic rings. The van der Waals surface area contributed by atoms with Crippen LogP contribution in [0.5, 0.6) is 0 Å². The predicted molar refractivity (Wildman–Crippen MR) is 64.7 cm³/mol. The Balaban J connectivity index is 2.50. The van der Waals surface area contributed by atoms with Gasteiger partial charge in [0.15, 0.2) is 0 Å². The number of nitrogens with one attached hydrogen (secondary N) is 2. The Morgan fingerprint density at radius 3 is 2.29 bits per heavy atom. The summed E-state index contributed by atoms with van der Waals surface area (Å²) < 4.78 is 0. The zero-order valence-electron chi connectivity index (χ0n) is 10.8. The molecule has 0 atom stereocenters. The third-order valence-electron chi connectivity index (χ3n) is 3.54. The van der Waals surface area contributed by atoms with Gasteiger partial charge in [0, 0.05) is 6.54 Å². The second-order valence-electron chi connectivity index (χ2n) is 5.28. The normalized spacial score (nSPS) is 18.3. The highest BCUT2D eigenvalue weighted by Gasteiger charge is 2.45. The van der Waals surface area contributed by atoms with Crippen molar-refractivity contribution in [3.05, 3.63) is 0 Å². The van der Waals surface area contributed by atoms with Crippen LogP contribution in [0.15, 0.2) is 0 Å². The Morgan fingerprint density at radius 1 is 1.35 bits per heavy atom. The number of amides is 1. The molecule has 5 nitrogen and oxygen atoms in total. The van der Waals surface area contributed by atoms with Gasteiger partial charge in [-0.1, -0.05) is 13.3 Å². The van der Waals surface area contributed by atoms with E-state index in [2.05, 4.69) is 10.6 Å². The lowest BCUT2D eigenvalue weighted by atomic mass is 9.68. The van der Waals surface area contributed by atoms with Crippen LogP contribution in [0.25, 0.3) is 0 Å². The molecule has 0 spiro atoms. The Bertz CT molecular complexity index is 309. The zero-order valence-corrected chi connectivity index (χ0v) is 10.8. The molecule has 0 aromatic rings. The van der Waals surface area contributed by atoms with Crippen LogP contribution in [0.1, 0.15) is 40.0 Å². The first-order chi connectivity index (χ1) is 7.84. The maximum atomic E-state index is 11.9. The van der Waals surface area contributed by atoms with E-state index in [4.69, 9.17) is 5.11 Å². The quantitative estimate of drug-likeness (QED) is 0.642. The molecule has 3 N–H and O–H groups in total. The number of carboxylic acid groups (broad SMARTS) is 1. The first-order valence-electron chi connectivity index (χ1n) is 6.11. The van der Waals surface area contributed by atoms with Crippen LogP contribution in [0.2, 0.25) is 0 Å². The first kappa shape index (κ1) is 14.0. The second kappa shape index (κ2) is 5.04. The monoisotopic (exact) mass is 242 g/mol. The van der Waals surface area contributed by atoms with Gasteiger partial charge in [-0.3, -0.25) is 9.59 Å².